The molecule has 1 aromatic heterocycles. The van der Waals surface area contributed by atoms with Crippen LogP contribution in [-0.4, -0.2) is 27.0 Å². The zero-order valence-electron chi connectivity index (χ0n) is 10.3. The van der Waals surface area contributed by atoms with Gasteiger partial charge in [-0.15, -0.1) is 0 Å². The number of carboxylic acid groups (broad SMARTS) is 1. The summed E-state index contributed by atoms with van der Waals surface area (Å²) in [5, 5.41) is 11.5. The van der Waals surface area contributed by atoms with Crippen LogP contribution in [0.2, 0.25) is 0 Å². The maximum atomic E-state index is 11.9. The van der Waals surface area contributed by atoms with Crippen LogP contribution in [-0.2, 0) is 9.59 Å². The van der Waals surface area contributed by atoms with Crippen molar-refractivity contribution in [1.29, 1.82) is 0 Å². The number of carbonyl (C=O) groups is 2. The van der Waals surface area contributed by atoms with Gasteiger partial charge in [-0.05, 0) is 21.3 Å². The van der Waals surface area contributed by atoms with E-state index in [0.29, 0.717) is 4.60 Å². The van der Waals surface area contributed by atoms with Crippen molar-refractivity contribution in [2.24, 2.45) is 11.3 Å². The normalized spacial score (nSPS) is 12.9. The van der Waals surface area contributed by atoms with Gasteiger partial charge in [-0.2, -0.15) is 0 Å². The second kappa shape index (κ2) is 5.43. The van der Waals surface area contributed by atoms with Crippen LogP contribution in [0.4, 0.5) is 5.82 Å². The van der Waals surface area contributed by atoms with Crippen LogP contribution in [0.15, 0.2) is 17.0 Å². The number of aliphatic carboxylic acids is 1. The quantitative estimate of drug-likeness (QED) is 0.831. The van der Waals surface area contributed by atoms with Crippen molar-refractivity contribution >= 4 is 33.6 Å². The monoisotopic (exact) mass is 315 g/mol. The number of hydrogen-bond acceptors (Lipinski definition) is 4. The summed E-state index contributed by atoms with van der Waals surface area (Å²) in [6, 6.07) is 0. The third-order valence-corrected chi connectivity index (χ3v) is 2.66. The first-order chi connectivity index (χ1) is 8.21. The minimum Gasteiger partial charge on any atom is -0.481 e. The van der Waals surface area contributed by atoms with E-state index in [0.717, 1.165) is 0 Å². The average molecular weight is 316 g/mol. The van der Waals surface area contributed by atoms with Gasteiger partial charge in [-0.25, -0.2) is 9.97 Å². The highest BCUT2D eigenvalue weighted by Gasteiger charge is 2.37. The summed E-state index contributed by atoms with van der Waals surface area (Å²) in [7, 11) is 0. The zero-order valence-corrected chi connectivity index (χ0v) is 11.9. The fourth-order valence-electron chi connectivity index (χ4n) is 1.45. The first-order valence-corrected chi connectivity index (χ1v) is 6.02. The van der Waals surface area contributed by atoms with Crippen molar-refractivity contribution in [2.75, 3.05) is 5.32 Å². The van der Waals surface area contributed by atoms with Crippen LogP contribution < -0.4 is 5.32 Å². The predicted octanol–water partition coefficient (Wildman–Crippen LogP) is 1.92. The third kappa shape index (κ3) is 3.76. The van der Waals surface area contributed by atoms with Crippen LogP contribution in [0.1, 0.15) is 20.8 Å². The fourth-order valence-corrected chi connectivity index (χ4v) is 1.66. The third-order valence-electron chi connectivity index (χ3n) is 2.25. The standard InChI is InChI=1S/C11H14BrN3O3/c1-11(2,3)8(10(17)18)9(16)15-7-5-13-6(12)4-14-7/h4-5,8H,1-3H3,(H,17,18)(H,14,15,16). The molecular weight excluding hydrogens is 302 g/mol. The lowest BCUT2D eigenvalue weighted by atomic mass is 9.80. The average Bonchev–Trinajstić information content (AvgIpc) is 2.18. The Kier molecular flexibility index (Phi) is 4.39. The molecule has 1 heterocycles. The lowest BCUT2D eigenvalue weighted by Crippen LogP contribution is -2.39. The lowest BCUT2D eigenvalue weighted by Gasteiger charge is -2.25. The van der Waals surface area contributed by atoms with Crippen molar-refractivity contribution in [3.63, 3.8) is 0 Å². The van der Waals surface area contributed by atoms with E-state index in [9.17, 15) is 9.59 Å². The van der Waals surface area contributed by atoms with E-state index < -0.39 is 23.2 Å². The molecule has 1 unspecified atom stereocenters. The largest absolute Gasteiger partial charge is 0.481 e. The molecule has 98 valence electrons. The Morgan fingerprint density at radius 3 is 2.33 bits per heavy atom. The SMILES string of the molecule is CC(C)(C)C(C(=O)O)C(=O)Nc1cnc(Br)cn1. The van der Waals surface area contributed by atoms with Crippen molar-refractivity contribution in [3.05, 3.63) is 17.0 Å². The Bertz CT molecular complexity index is 454. The molecule has 0 saturated carbocycles. The van der Waals surface area contributed by atoms with Gasteiger partial charge in [0.05, 0.1) is 12.4 Å². The molecule has 0 aliphatic carbocycles. The maximum Gasteiger partial charge on any atom is 0.316 e. The molecule has 0 saturated heterocycles. The summed E-state index contributed by atoms with van der Waals surface area (Å²) in [6.45, 7) is 5.08. The fraction of sp³-hybridized carbons (Fsp3) is 0.455. The number of nitrogens with one attached hydrogen (secondary N) is 1. The summed E-state index contributed by atoms with van der Waals surface area (Å²) >= 11 is 3.12. The molecular formula is C11H14BrN3O3. The molecule has 0 aromatic carbocycles. The number of amides is 1. The number of hydrogen-bond donors (Lipinski definition) is 2. The molecule has 2 N–H and O–H groups in total. The van der Waals surface area contributed by atoms with Gasteiger partial charge < -0.3 is 10.4 Å². The van der Waals surface area contributed by atoms with Gasteiger partial charge in [0, 0.05) is 0 Å². The molecule has 1 amide bonds. The second-order valence-corrected chi connectivity index (χ2v) is 5.66. The van der Waals surface area contributed by atoms with E-state index in [1.165, 1.54) is 12.4 Å². The van der Waals surface area contributed by atoms with Gasteiger partial charge in [0.2, 0.25) is 5.91 Å². The van der Waals surface area contributed by atoms with Crippen LogP contribution in [0, 0.1) is 11.3 Å². The second-order valence-electron chi connectivity index (χ2n) is 4.85. The Hall–Kier alpha value is -1.50. The Morgan fingerprint density at radius 2 is 1.94 bits per heavy atom. The minimum atomic E-state index is -1.16. The van der Waals surface area contributed by atoms with E-state index in [4.69, 9.17) is 5.11 Å². The summed E-state index contributed by atoms with van der Waals surface area (Å²) < 4.78 is 0.533. The molecule has 7 heteroatoms. The number of carbonyl (C=O) groups excluding carboxylic acids is 1. The highest BCUT2D eigenvalue weighted by molar-refractivity contribution is 9.10. The minimum absolute atomic E-state index is 0.221. The van der Waals surface area contributed by atoms with Crippen LogP contribution in [0.25, 0.3) is 0 Å². The van der Waals surface area contributed by atoms with Crippen LogP contribution in [0.5, 0.6) is 0 Å². The summed E-state index contributed by atoms with van der Waals surface area (Å²) in [5.41, 5.74) is -0.682. The van der Waals surface area contributed by atoms with Crippen molar-refractivity contribution < 1.29 is 14.7 Å². The number of rotatable bonds is 3. The molecule has 0 fully saturated rings. The highest BCUT2D eigenvalue weighted by Crippen LogP contribution is 2.27. The first-order valence-electron chi connectivity index (χ1n) is 5.23. The van der Waals surface area contributed by atoms with Crippen LogP contribution in [0.3, 0.4) is 0 Å². The van der Waals surface area contributed by atoms with Gasteiger partial charge in [0.25, 0.3) is 0 Å². The Balaban J connectivity index is 2.86. The number of anilines is 1. The Labute approximate surface area is 113 Å². The van der Waals surface area contributed by atoms with E-state index in [2.05, 4.69) is 31.2 Å². The van der Waals surface area contributed by atoms with E-state index >= 15 is 0 Å². The summed E-state index contributed by atoms with van der Waals surface area (Å²) in [6.07, 6.45) is 2.77. The van der Waals surface area contributed by atoms with Gasteiger partial charge in [-0.1, -0.05) is 20.8 Å². The van der Waals surface area contributed by atoms with E-state index in [1.807, 2.05) is 0 Å². The molecule has 0 spiro atoms. The Morgan fingerprint density at radius 1 is 1.33 bits per heavy atom. The molecule has 1 rings (SSSR count). The summed E-state index contributed by atoms with van der Waals surface area (Å²) in [5.74, 6) is -2.70. The number of carboxylic acids is 1. The molecule has 6 nitrogen and oxygen atoms in total. The predicted molar refractivity (Wildman–Crippen MR) is 68.9 cm³/mol. The van der Waals surface area contributed by atoms with E-state index in [1.54, 1.807) is 20.8 Å². The molecule has 1 aromatic rings. The topological polar surface area (TPSA) is 92.2 Å². The molecule has 0 aliphatic rings. The molecule has 0 aliphatic heterocycles. The van der Waals surface area contributed by atoms with Crippen molar-refractivity contribution in [1.82, 2.24) is 9.97 Å². The number of nitrogens with zero attached hydrogens (tertiary/aromatic N) is 2. The molecule has 1 atom stereocenters. The van der Waals surface area contributed by atoms with Gasteiger partial charge >= 0.3 is 5.97 Å². The highest BCUT2D eigenvalue weighted by atomic mass is 79.9. The zero-order chi connectivity index (χ0) is 13.9. The number of halogens is 1. The molecule has 18 heavy (non-hydrogen) atoms. The van der Waals surface area contributed by atoms with E-state index in [-0.39, 0.29) is 5.82 Å². The van der Waals surface area contributed by atoms with Gasteiger partial charge in [0.1, 0.15) is 10.5 Å². The van der Waals surface area contributed by atoms with Gasteiger partial charge in [-0.3, -0.25) is 9.59 Å². The lowest BCUT2D eigenvalue weighted by molar-refractivity contribution is -0.149. The van der Waals surface area contributed by atoms with Gasteiger partial charge in [0.15, 0.2) is 5.82 Å². The smallest absolute Gasteiger partial charge is 0.316 e. The molecule has 0 radical (unpaired) electrons. The summed E-state index contributed by atoms with van der Waals surface area (Å²) in [4.78, 5) is 30.8. The maximum absolute atomic E-state index is 11.9. The van der Waals surface area contributed by atoms with Crippen molar-refractivity contribution in [3.8, 4) is 0 Å². The number of aromatic nitrogens is 2. The van der Waals surface area contributed by atoms with Crippen molar-refractivity contribution in [2.45, 2.75) is 20.8 Å². The first kappa shape index (κ1) is 14.6. The van der Waals surface area contributed by atoms with Crippen LogP contribution >= 0.6 is 15.9 Å². The molecule has 0 bridgehead atoms.